The Bertz CT molecular complexity index is 603. The summed E-state index contributed by atoms with van der Waals surface area (Å²) in [6.07, 6.45) is 0.314. The Morgan fingerprint density at radius 2 is 2.14 bits per heavy atom. The van der Waals surface area contributed by atoms with E-state index in [-0.39, 0.29) is 5.97 Å². The third kappa shape index (κ3) is 4.16. The molecule has 0 aliphatic carbocycles. The van der Waals surface area contributed by atoms with Gasteiger partial charge in [0, 0.05) is 6.54 Å². The molecule has 7 heteroatoms. The van der Waals surface area contributed by atoms with Crippen molar-refractivity contribution in [2.45, 2.75) is 33.7 Å². The number of carbonyl (C=O) groups is 1. The van der Waals surface area contributed by atoms with Crippen LogP contribution in [-0.4, -0.2) is 29.3 Å². The summed E-state index contributed by atoms with van der Waals surface area (Å²) in [5.41, 5.74) is 0.803. The van der Waals surface area contributed by atoms with Crippen LogP contribution in [0.25, 0.3) is 11.5 Å². The minimum absolute atomic E-state index is 0.222. The molecule has 0 spiro atoms. The van der Waals surface area contributed by atoms with Crippen molar-refractivity contribution in [2.75, 3.05) is 13.2 Å². The molecule has 0 aliphatic rings. The lowest BCUT2D eigenvalue weighted by molar-refractivity contribution is -0.142. The van der Waals surface area contributed by atoms with Crippen LogP contribution in [0.4, 0.5) is 0 Å². The van der Waals surface area contributed by atoms with E-state index in [4.69, 9.17) is 13.6 Å². The van der Waals surface area contributed by atoms with Crippen LogP contribution < -0.4 is 5.32 Å². The molecule has 114 valence electrons. The third-order valence-corrected chi connectivity index (χ3v) is 2.83. The number of nitrogens with one attached hydrogen (secondary N) is 1. The molecular formula is C14H19N3O4. The standard InChI is InChI=1S/C14H19N3O4/c1-4-19-13(18)5-6-15-8-12-16-17-14(21-12)11-7-9(2)20-10(11)3/h7,15H,4-6,8H2,1-3H3. The van der Waals surface area contributed by atoms with Crippen LogP contribution in [0, 0.1) is 13.8 Å². The van der Waals surface area contributed by atoms with Crippen molar-refractivity contribution in [3.05, 3.63) is 23.5 Å². The van der Waals surface area contributed by atoms with E-state index < -0.39 is 0 Å². The number of aryl methyl sites for hydroxylation is 2. The highest BCUT2D eigenvalue weighted by Crippen LogP contribution is 2.25. The maximum Gasteiger partial charge on any atom is 0.307 e. The molecule has 0 aromatic carbocycles. The second-order valence-electron chi connectivity index (χ2n) is 4.56. The number of hydrogen-bond acceptors (Lipinski definition) is 7. The van der Waals surface area contributed by atoms with Crippen molar-refractivity contribution in [1.29, 1.82) is 0 Å². The van der Waals surface area contributed by atoms with Crippen molar-refractivity contribution in [3.63, 3.8) is 0 Å². The van der Waals surface area contributed by atoms with Gasteiger partial charge in [-0.3, -0.25) is 4.79 Å². The third-order valence-electron chi connectivity index (χ3n) is 2.83. The Labute approximate surface area is 122 Å². The molecule has 0 fully saturated rings. The van der Waals surface area contributed by atoms with E-state index in [1.807, 2.05) is 19.9 Å². The molecule has 1 N–H and O–H groups in total. The summed E-state index contributed by atoms with van der Waals surface area (Å²) in [5, 5.41) is 11.0. The quantitative estimate of drug-likeness (QED) is 0.616. The fourth-order valence-electron chi connectivity index (χ4n) is 1.90. The number of hydrogen-bond donors (Lipinski definition) is 1. The van der Waals surface area contributed by atoms with Crippen LogP contribution in [0.3, 0.4) is 0 Å². The summed E-state index contributed by atoms with van der Waals surface area (Å²) in [7, 11) is 0. The van der Waals surface area contributed by atoms with E-state index in [0.29, 0.717) is 37.9 Å². The van der Waals surface area contributed by atoms with Gasteiger partial charge in [0.25, 0.3) is 5.89 Å². The van der Waals surface area contributed by atoms with Gasteiger partial charge in [-0.1, -0.05) is 0 Å². The van der Waals surface area contributed by atoms with E-state index in [1.165, 1.54) is 0 Å². The van der Waals surface area contributed by atoms with Crippen LogP contribution in [0.5, 0.6) is 0 Å². The Balaban J connectivity index is 1.84. The zero-order valence-corrected chi connectivity index (χ0v) is 12.4. The highest BCUT2D eigenvalue weighted by Gasteiger charge is 2.14. The first-order valence-corrected chi connectivity index (χ1v) is 6.86. The van der Waals surface area contributed by atoms with Gasteiger partial charge >= 0.3 is 5.97 Å². The summed E-state index contributed by atoms with van der Waals surface area (Å²) < 4.78 is 15.8. The maximum atomic E-state index is 11.2. The number of ether oxygens (including phenoxy) is 1. The lowest BCUT2D eigenvalue weighted by Crippen LogP contribution is -2.19. The maximum absolute atomic E-state index is 11.2. The van der Waals surface area contributed by atoms with Gasteiger partial charge in [-0.15, -0.1) is 10.2 Å². The molecule has 0 unspecified atom stereocenters. The molecule has 0 saturated carbocycles. The fraction of sp³-hybridized carbons (Fsp3) is 0.500. The molecule has 0 radical (unpaired) electrons. The Morgan fingerprint density at radius 1 is 1.33 bits per heavy atom. The second kappa shape index (κ2) is 7.03. The van der Waals surface area contributed by atoms with Gasteiger partial charge < -0.3 is 18.9 Å². The van der Waals surface area contributed by atoms with Crippen LogP contribution in [0.2, 0.25) is 0 Å². The van der Waals surface area contributed by atoms with E-state index in [2.05, 4.69) is 15.5 Å². The molecule has 7 nitrogen and oxygen atoms in total. The predicted molar refractivity (Wildman–Crippen MR) is 74.4 cm³/mol. The first-order chi connectivity index (χ1) is 10.1. The number of rotatable bonds is 7. The van der Waals surface area contributed by atoms with Crippen molar-refractivity contribution < 1.29 is 18.4 Å². The van der Waals surface area contributed by atoms with Crippen LogP contribution >= 0.6 is 0 Å². The zero-order valence-electron chi connectivity index (χ0n) is 12.4. The molecular weight excluding hydrogens is 274 g/mol. The molecule has 0 bridgehead atoms. The van der Waals surface area contributed by atoms with Crippen LogP contribution in [0.1, 0.15) is 30.8 Å². The molecule has 0 amide bonds. The molecule has 0 aliphatic heterocycles. The van der Waals surface area contributed by atoms with E-state index in [0.717, 1.165) is 17.1 Å². The summed E-state index contributed by atoms with van der Waals surface area (Å²) in [6, 6.07) is 1.86. The van der Waals surface area contributed by atoms with Crippen molar-refractivity contribution >= 4 is 5.97 Å². The van der Waals surface area contributed by atoms with E-state index in [1.54, 1.807) is 6.92 Å². The highest BCUT2D eigenvalue weighted by molar-refractivity contribution is 5.69. The van der Waals surface area contributed by atoms with Gasteiger partial charge in [0.15, 0.2) is 0 Å². The van der Waals surface area contributed by atoms with Crippen molar-refractivity contribution in [3.8, 4) is 11.5 Å². The van der Waals surface area contributed by atoms with Gasteiger partial charge in [0.2, 0.25) is 5.89 Å². The minimum atomic E-state index is -0.222. The van der Waals surface area contributed by atoms with Crippen molar-refractivity contribution in [2.24, 2.45) is 0 Å². The Hall–Kier alpha value is -2.15. The van der Waals surface area contributed by atoms with Gasteiger partial charge in [-0.2, -0.15) is 0 Å². The van der Waals surface area contributed by atoms with E-state index >= 15 is 0 Å². The minimum Gasteiger partial charge on any atom is -0.466 e. The Kier molecular flexibility index (Phi) is 5.10. The molecule has 2 aromatic heterocycles. The number of carbonyl (C=O) groups excluding carboxylic acids is 1. The number of furan rings is 1. The number of nitrogens with zero attached hydrogens (tertiary/aromatic N) is 2. The molecule has 2 aromatic rings. The summed E-state index contributed by atoms with van der Waals surface area (Å²) in [5.74, 6) is 2.23. The van der Waals surface area contributed by atoms with Gasteiger partial charge in [-0.25, -0.2) is 0 Å². The fourth-order valence-corrected chi connectivity index (χ4v) is 1.90. The molecule has 2 rings (SSSR count). The lowest BCUT2D eigenvalue weighted by Gasteiger charge is -2.01. The van der Waals surface area contributed by atoms with Gasteiger partial charge in [0.05, 0.1) is 25.1 Å². The number of aromatic nitrogens is 2. The molecule has 0 atom stereocenters. The summed E-state index contributed by atoms with van der Waals surface area (Å²) in [6.45, 7) is 6.80. The van der Waals surface area contributed by atoms with E-state index in [9.17, 15) is 4.79 Å². The topological polar surface area (TPSA) is 90.4 Å². The average Bonchev–Trinajstić information content (AvgIpc) is 3.01. The average molecular weight is 293 g/mol. The second-order valence-corrected chi connectivity index (χ2v) is 4.56. The lowest BCUT2D eigenvalue weighted by atomic mass is 10.2. The molecule has 2 heterocycles. The monoisotopic (exact) mass is 293 g/mol. The van der Waals surface area contributed by atoms with Crippen LogP contribution in [0.15, 0.2) is 14.9 Å². The normalized spacial score (nSPS) is 10.8. The van der Waals surface area contributed by atoms with Crippen LogP contribution in [-0.2, 0) is 16.1 Å². The summed E-state index contributed by atoms with van der Waals surface area (Å²) in [4.78, 5) is 11.2. The van der Waals surface area contributed by atoms with Gasteiger partial charge in [0.1, 0.15) is 11.5 Å². The highest BCUT2D eigenvalue weighted by atomic mass is 16.5. The molecule has 21 heavy (non-hydrogen) atoms. The predicted octanol–water partition coefficient (Wildman–Crippen LogP) is 1.99. The zero-order chi connectivity index (χ0) is 15.2. The first-order valence-electron chi connectivity index (χ1n) is 6.86. The first kappa shape index (κ1) is 15.2. The largest absolute Gasteiger partial charge is 0.466 e. The SMILES string of the molecule is CCOC(=O)CCNCc1nnc(-c2cc(C)oc2C)o1. The number of esters is 1. The Morgan fingerprint density at radius 3 is 2.81 bits per heavy atom. The smallest absolute Gasteiger partial charge is 0.307 e. The van der Waals surface area contributed by atoms with Gasteiger partial charge in [-0.05, 0) is 26.8 Å². The summed E-state index contributed by atoms with van der Waals surface area (Å²) >= 11 is 0. The van der Waals surface area contributed by atoms with Crippen molar-refractivity contribution in [1.82, 2.24) is 15.5 Å². The molecule has 0 saturated heterocycles.